The third kappa shape index (κ3) is 4.59. The smallest absolute Gasteiger partial charge is 0.231 e. The molecule has 0 aliphatic carbocycles. The molecule has 0 unspecified atom stereocenters. The molecule has 1 aromatic rings. The van der Waals surface area contributed by atoms with Gasteiger partial charge in [0.05, 0.1) is 19.8 Å². The number of likely N-dealkylation sites (N-methyl/N-ethyl adjacent to an activating group) is 1. The number of ether oxygens (including phenoxy) is 1. The summed E-state index contributed by atoms with van der Waals surface area (Å²) in [6, 6.07) is 0. The van der Waals surface area contributed by atoms with Gasteiger partial charge in [0.1, 0.15) is 0 Å². The zero-order valence-electron chi connectivity index (χ0n) is 10.8. The van der Waals surface area contributed by atoms with E-state index in [1.807, 2.05) is 26.0 Å². The Morgan fingerprint density at radius 3 is 2.39 bits per heavy atom. The van der Waals surface area contributed by atoms with Crippen LogP contribution in [0.25, 0.3) is 0 Å². The van der Waals surface area contributed by atoms with E-state index in [-0.39, 0.29) is 11.9 Å². The minimum absolute atomic E-state index is 0.0199. The second-order valence-corrected chi connectivity index (χ2v) is 4.19. The third-order valence-corrected chi connectivity index (χ3v) is 2.30. The largest absolute Gasteiger partial charge is 0.394 e. The first-order chi connectivity index (χ1) is 8.54. The molecule has 0 saturated heterocycles. The highest BCUT2D eigenvalue weighted by molar-refractivity contribution is 6.28. The number of halogens is 1. The topological polar surface area (TPSA) is 74.6 Å². The van der Waals surface area contributed by atoms with Crippen molar-refractivity contribution in [3.8, 4) is 0 Å². The van der Waals surface area contributed by atoms with Crippen molar-refractivity contribution in [3.63, 3.8) is 0 Å². The number of anilines is 2. The number of hydrogen-bond acceptors (Lipinski definition) is 7. The molecule has 0 aliphatic rings. The SMILES string of the molecule is CN(C)c1nc(Cl)nc(N(C)CCOCCO)n1. The van der Waals surface area contributed by atoms with Gasteiger partial charge in [0.15, 0.2) is 0 Å². The molecule has 102 valence electrons. The van der Waals surface area contributed by atoms with Crippen molar-refractivity contribution >= 4 is 23.5 Å². The maximum Gasteiger partial charge on any atom is 0.231 e. The lowest BCUT2D eigenvalue weighted by atomic mass is 10.6. The molecule has 8 heteroatoms. The molecule has 1 N–H and O–H groups in total. The molecule has 1 heterocycles. The van der Waals surface area contributed by atoms with Gasteiger partial charge in [-0.2, -0.15) is 15.0 Å². The first-order valence-electron chi connectivity index (χ1n) is 5.53. The Kier molecular flexibility index (Phi) is 6.03. The Hall–Kier alpha value is -1.18. The molecule has 18 heavy (non-hydrogen) atoms. The molecule has 0 bridgehead atoms. The van der Waals surface area contributed by atoms with Gasteiger partial charge < -0.3 is 19.6 Å². The molecule has 1 rings (SSSR count). The summed E-state index contributed by atoms with van der Waals surface area (Å²) in [4.78, 5) is 15.9. The summed E-state index contributed by atoms with van der Waals surface area (Å²) in [5, 5.41) is 8.75. The predicted molar refractivity (Wildman–Crippen MR) is 70.3 cm³/mol. The van der Waals surface area contributed by atoms with Gasteiger partial charge in [-0.05, 0) is 11.6 Å². The Bertz CT molecular complexity index is 377. The summed E-state index contributed by atoms with van der Waals surface area (Å²) in [6.45, 7) is 1.44. The van der Waals surface area contributed by atoms with Gasteiger partial charge in [0.25, 0.3) is 0 Å². The van der Waals surface area contributed by atoms with Crippen LogP contribution in [0, 0.1) is 0 Å². The first kappa shape index (κ1) is 14.9. The molecular weight excluding hydrogens is 258 g/mol. The van der Waals surface area contributed by atoms with E-state index in [4.69, 9.17) is 21.4 Å². The zero-order valence-corrected chi connectivity index (χ0v) is 11.6. The van der Waals surface area contributed by atoms with Crippen molar-refractivity contribution < 1.29 is 9.84 Å². The van der Waals surface area contributed by atoms with E-state index < -0.39 is 0 Å². The average molecular weight is 276 g/mol. The molecule has 0 fully saturated rings. The Morgan fingerprint density at radius 2 is 1.78 bits per heavy atom. The highest BCUT2D eigenvalue weighted by Gasteiger charge is 2.10. The lowest BCUT2D eigenvalue weighted by Gasteiger charge is -2.18. The second-order valence-electron chi connectivity index (χ2n) is 3.86. The molecule has 0 spiro atoms. The number of nitrogens with zero attached hydrogens (tertiary/aromatic N) is 5. The van der Waals surface area contributed by atoms with E-state index in [0.29, 0.717) is 31.7 Å². The highest BCUT2D eigenvalue weighted by atomic mass is 35.5. The zero-order chi connectivity index (χ0) is 13.5. The van der Waals surface area contributed by atoms with Crippen LogP contribution >= 0.6 is 11.6 Å². The van der Waals surface area contributed by atoms with Crippen LogP contribution in [0.2, 0.25) is 5.28 Å². The van der Waals surface area contributed by atoms with Crippen molar-refractivity contribution in [2.45, 2.75) is 0 Å². The van der Waals surface area contributed by atoms with Crippen LogP contribution in [-0.4, -0.2) is 67.6 Å². The normalized spacial score (nSPS) is 10.5. The van der Waals surface area contributed by atoms with Crippen molar-refractivity contribution in [1.29, 1.82) is 0 Å². The Morgan fingerprint density at radius 1 is 1.11 bits per heavy atom. The van der Waals surface area contributed by atoms with E-state index >= 15 is 0 Å². The average Bonchev–Trinajstić information content (AvgIpc) is 2.33. The molecule has 0 amide bonds. The molecule has 7 nitrogen and oxygen atoms in total. The van der Waals surface area contributed by atoms with Gasteiger partial charge in [-0.25, -0.2) is 0 Å². The minimum atomic E-state index is 0.0199. The molecule has 0 radical (unpaired) electrons. The van der Waals surface area contributed by atoms with Crippen LogP contribution in [0.3, 0.4) is 0 Å². The fourth-order valence-electron chi connectivity index (χ4n) is 1.17. The van der Waals surface area contributed by atoms with Gasteiger partial charge in [-0.1, -0.05) is 0 Å². The molecule has 0 saturated carbocycles. The van der Waals surface area contributed by atoms with Crippen LogP contribution in [0.4, 0.5) is 11.9 Å². The van der Waals surface area contributed by atoms with Crippen LogP contribution in [0.5, 0.6) is 0 Å². The van der Waals surface area contributed by atoms with E-state index in [0.717, 1.165) is 0 Å². The minimum Gasteiger partial charge on any atom is -0.394 e. The van der Waals surface area contributed by atoms with E-state index in [1.54, 1.807) is 4.90 Å². The molecule has 0 atom stereocenters. The van der Waals surface area contributed by atoms with Gasteiger partial charge in [0, 0.05) is 27.7 Å². The fraction of sp³-hybridized carbons (Fsp3) is 0.700. The van der Waals surface area contributed by atoms with Crippen molar-refractivity contribution in [1.82, 2.24) is 15.0 Å². The van der Waals surface area contributed by atoms with Gasteiger partial charge in [-0.3, -0.25) is 0 Å². The van der Waals surface area contributed by atoms with Crippen LogP contribution in [-0.2, 0) is 4.74 Å². The standard InChI is InChI=1S/C10H18ClN5O2/c1-15(2)9-12-8(11)13-10(14-9)16(3)4-6-18-7-5-17/h17H,4-7H2,1-3H3. The van der Waals surface area contributed by atoms with Crippen molar-refractivity contribution in [3.05, 3.63) is 5.28 Å². The molecular formula is C10H18ClN5O2. The van der Waals surface area contributed by atoms with Crippen LogP contribution in [0.15, 0.2) is 0 Å². The van der Waals surface area contributed by atoms with Gasteiger partial charge in [0.2, 0.25) is 17.2 Å². The molecule has 0 aliphatic heterocycles. The lowest BCUT2D eigenvalue weighted by Crippen LogP contribution is -2.26. The van der Waals surface area contributed by atoms with E-state index in [9.17, 15) is 0 Å². The third-order valence-electron chi connectivity index (χ3n) is 2.13. The van der Waals surface area contributed by atoms with E-state index in [1.165, 1.54) is 0 Å². The summed E-state index contributed by atoms with van der Waals surface area (Å²) in [7, 11) is 5.51. The van der Waals surface area contributed by atoms with Crippen LogP contribution in [0.1, 0.15) is 0 Å². The summed E-state index contributed by atoms with van der Waals surface area (Å²) >= 11 is 5.84. The quantitative estimate of drug-likeness (QED) is 0.704. The Labute approximate surface area is 111 Å². The number of aliphatic hydroxyl groups is 1. The molecule has 1 aromatic heterocycles. The summed E-state index contributed by atoms with van der Waals surface area (Å²) in [5.41, 5.74) is 0. The summed E-state index contributed by atoms with van der Waals surface area (Å²) in [6.07, 6.45) is 0. The predicted octanol–water partition coefficient (Wildman–Crippen LogP) is 0.0361. The monoisotopic (exact) mass is 275 g/mol. The maximum absolute atomic E-state index is 8.59. The van der Waals surface area contributed by atoms with Gasteiger partial charge >= 0.3 is 0 Å². The van der Waals surface area contributed by atoms with Crippen molar-refractivity contribution in [2.24, 2.45) is 0 Å². The first-order valence-corrected chi connectivity index (χ1v) is 5.91. The summed E-state index contributed by atoms with van der Waals surface area (Å²) < 4.78 is 5.18. The fourth-order valence-corrected chi connectivity index (χ4v) is 1.32. The van der Waals surface area contributed by atoms with Crippen molar-refractivity contribution in [2.75, 3.05) is 57.3 Å². The van der Waals surface area contributed by atoms with Crippen LogP contribution < -0.4 is 9.80 Å². The summed E-state index contributed by atoms with van der Waals surface area (Å²) in [5.74, 6) is 0.999. The number of rotatable bonds is 7. The number of hydrogen-bond donors (Lipinski definition) is 1. The lowest BCUT2D eigenvalue weighted by molar-refractivity contribution is 0.0970. The maximum atomic E-state index is 8.59. The Balaban J connectivity index is 2.64. The van der Waals surface area contributed by atoms with E-state index in [2.05, 4.69) is 15.0 Å². The molecule has 0 aromatic carbocycles. The van der Waals surface area contributed by atoms with Gasteiger partial charge in [-0.15, -0.1) is 0 Å². The highest BCUT2D eigenvalue weighted by Crippen LogP contribution is 2.13. The second kappa shape index (κ2) is 7.30. The number of aromatic nitrogens is 3. The number of aliphatic hydroxyl groups excluding tert-OH is 1.